The smallest absolute Gasteiger partial charge is 0.336 e. The van der Waals surface area contributed by atoms with Gasteiger partial charge in [0.05, 0.1) is 12.2 Å². The number of esters is 1. The van der Waals surface area contributed by atoms with E-state index in [0.29, 0.717) is 22.8 Å². The number of ether oxygens (including phenoxy) is 2. The number of allylic oxidation sites excluding steroid dienone is 1. The number of hydrogen-bond donors (Lipinski definition) is 1. The van der Waals surface area contributed by atoms with Gasteiger partial charge in [0, 0.05) is 17.7 Å². The summed E-state index contributed by atoms with van der Waals surface area (Å²) < 4.78 is 16.5. The molecule has 148 valence electrons. The minimum absolute atomic E-state index is 0.00542. The Morgan fingerprint density at radius 2 is 2.00 bits per heavy atom. The van der Waals surface area contributed by atoms with Crippen molar-refractivity contribution in [3.8, 4) is 17.6 Å². The average molecular weight is 398 g/mol. The molecular weight excluding hydrogens is 380 g/mol. The number of hydrogen-bond acceptors (Lipinski definition) is 6. The van der Waals surface area contributed by atoms with Crippen LogP contribution in [0.15, 0.2) is 82.8 Å². The molecule has 0 aliphatic carbocycles. The second-order valence-electron chi connectivity index (χ2n) is 6.80. The fourth-order valence-electron chi connectivity index (χ4n) is 3.24. The summed E-state index contributed by atoms with van der Waals surface area (Å²) in [6.45, 7) is 2.00. The predicted octanol–water partition coefficient (Wildman–Crippen LogP) is 4.43. The van der Waals surface area contributed by atoms with E-state index in [-0.39, 0.29) is 11.5 Å². The van der Waals surface area contributed by atoms with Crippen LogP contribution in [0.3, 0.4) is 0 Å². The summed E-state index contributed by atoms with van der Waals surface area (Å²) in [7, 11) is 0. The van der Waals surface area contributed by atoms with E-state index in [0.717, 1.165) is 11.1 Å². The fourth-order valence-corrected chi connectivity index (χ4v) is 3.24. The lowest BCUT2D eigenvalue weighted by atomic mass is 9.87. The van der Waals surface area contributed by atoms with Gasteiger partial charge >= 0.3 is 5.97 Å². The summed E-state index contributed by atoms with van der Waals surface area (Å²) in [5.41, 5.74) is 8.96. The number of nitrogens with zero attached hydrogens (tertiary/aromatic N) is 1. The first kappa shape index (κ1) is 19.1. The lowest BCUT2D eigenvalue weighted by Gasteiger charge is -2.25. The zero-order valence-electron chi connectivity index (χ0n) is 16.2. The third-order valence-electron chi connectivity index (χ3n) is 4.73. The van der Waals surface area contributed by atoms with Gasteiger partial charge in [0.1, 0.15) is 28.9 Å². The van der Waals surface area contributed by atoms with Crippen LogP contribution in [0.4, 0.5) is 0 Å². The molecule has 2 aromatic carbocycles. The van der Waals surface area contributed by atoms with Gasteiger partial charge in [-0.2, -0.15) is 5.26 Å². The zero-order chi connectivity index (χ0) is 21.1. The minimum atomic E-state index is -0.518. The lowest BCUT2D eigenvalue weighted by Crippen LogP contribution is -2.20. The zero-order valence-corrected chi connectivity index (χ0v) is 16.2. The van der Waals surface area contributed by atoms with E-state index in [1.165, 1.54) is 12.3 Å². The van der Waals surface area contributed by atoms with E-state index in [1.54, 1.807) is 36.4 Å². The number of nitriles is 1. The Morgan fingerprint density at radius 1 is 1.20 bits per heavy atom. The summed E-state index contributed by atoms with van der Waals surface area (Å²) in [4.78, 5) is 12.2. The monoisotopic (exact) mass is 398 g/mol. The second kappa shape index (κ2) is 8.02. The average Bonchev–Trinajstić information content (AvgIpc) is 3.26. The van der Waals surface area contributed by atoms with Gasteiger partial charge in [0.15, 0.2) is 0 Å². The highest BCUT2D eigenvalue weighted by Crippen LogP contribution is 2.43. The van der Waals surface area contributed by atoms with Crippen LogP contribution in [0.1, 0.15) is 28.4 Å². The first-order valence-electron chi connectivity index (χ1n) is 9.26. The Morgan fingerprint density at radius 3 is 2.70 bits per heavy atom. The van der Waals surface area contributed by atoms with Crippen LogP contribution in [0.5, 0.6) is 11.5 Å². The number of rotatable bonds is 4. The van der Waals surface area contributed by atoms with Crippen LogP contribution in [-0.2, 0) is 4.79 Å². The largest absolute Gasteiger partial charge is 0.468 e. The molecule has 4 rings (SSSR count). The van der Waals surface area contributed by atoms with Crippen molar-refractivity contribution in [2.24, 2.45) is 5.73 Å². The number of nitrogens with two attached hydrogens (primary N) is 1. The molecule has 6 heteroatoms. The third kappa shape index (κ3) is 3.82. The van der Waals surface area contributed by atoms with Crippen molar-refractivity contribution in [2.45, 2.75) is 12.8 Å². The molecule has 1 aliphatic rings. The van der Waals surface area contributed by atoms with Crippen molar-refractivity contribution in [3.05, 3.63) is 101 Å². The molecule has 0 bridgehead atoms. The minimum Gasteiger partial charge on any atom is -0.468 e. The Hall–Kier alpha value is -4.24. The van der Waals surface area contributed by atoms with Gasteiger partial charge in [-0.05, 0) is 36.8 Å². The standard InChI is InChI=1S/C24H18N2O4/c1-15-4-6-16(7-5-15)8-11-22(27)29-17-9-10-18-21(13-17)30-24(26)19(14-25)23(18)20-3-2-12-28-20/h2-13,23H,26H2,1H3/b11-8+. The normalized spacial score (nSPS) is 15.4. The molecule has 2 heterocycles. The molecule has 0 saturated carbocycles. The Balaban J connectivity index is 1.56. The quantitative estimate of drug-likeness (QED) is 0.397. The molecule has 2 N–H and O–H groups in total. The number of furan rings is 1. The maximum atomic E-state index is 12.2. The first-order valence-corrected chi connectivity index (χ1v) is 9.26. The van der Waals surface area contributed by atoms with E-state index >= 15 is 0 Å². The molecule has 0 saturated heterocycles. The van der Waals surface area contributed by atoms with Gasteiger partial charge in [0.2, 0.25) is 5.88 Å². The fraction of sp³-hybridized carbons (Fsp3) is 0.0833. The van der Waals surface area contributed by atoms with Gasteiger partial charge < -0.3 is 19.6 Å². The van der Waals surface area contributed by atoms with Gasteiger partial charge in [-0.25, -0.2) is 4.79 Å². The van der Waals surface area contributed by atoms with Crippen LogP contribution in [-0.4, -0.2) is 5.97 Å². The SMILES string of the molecule is Cc1ccc(/C=C/C(=O)Oc2ccc3c(c2)OC(N)=C(C#N)C3c2ccco2)cc1. The molecule has 3 aromatic rings. The summed E-state index contributed by atoms with van der Waals surface area (Å²) in [5.74, 6) is 0.272. The molecule has 0 radical (unpaired) electrons. The summed E-state index contributed by atoms with van der Waals surface area (Å²) in [6.07, 6.45) is 4.58. The van der Waals surface area contributed by atoms with Crippen LogP contribution in [0.2, 0.25) is 0 Å². The van der Waals surface area contributed by atoms with Crippen molar-refractivity contribution < 1.29 is 18.7 Å². The van der Waals surface area contributed by atoms with Crippen molar-refractivity contribution in [2.75, 3.05) is 0 Å². The number of aryl methyl sites for hydroxylation is 1. The lowest BCUT2D eigenvalue weighted by molar-refractivity contribution is -0.128. The maximum Gasteiger partial charge on any atom is 0.336 e. The summed E-state index contributed by atoms with van der Waals surface area (Å²) in [6, 6.07) is 18.3. The number of benzene rings is 2. The van der Waals surface area contributed by atoms with Crippen LogP contribution in [0.25, 0.3) is 6.08 Å². The molecule has 1 aromatic heterocycles. The molecule has 0 amide bonds. The van der Waals surface area contributed by atoms with E-state index in [1.807, 2.05) is 31.2 Å². The molecular formula is C24H18N2O4. The van der Waals surface area contributed by atoms with E-state index in [2.05, 4.69) is 6.07 Å². The third-order valence-corrected chi connectivity index (χ3v) is 4.73. The predicted molar refractivity (Wildman–Crippen MR) is 110 cm³/mol. The molecule has 1 unspecified atom stereocenters. The van der Waals surface area contributed by atoms with Crippen LogP contribution >= 0.6 is 0 Å². The Bertz CT molecular complexity index is 1180. The molecule has 1 aliphatic heterocycles. The summed E-state index contributed by atoms with van der Waals surface area (Å²) >= 11 is 0. The molecule has 0 fully saturated rings. The van der Waals surface area contributed by atoms with Crippen LogP contribution in [0, 0.1) is 18.3 Å². The molecule has 0 spiro atoms. The summed E-state index contributed by atoms with van der Waals surface area (Å²) in [5, 5.41) is 9.51. The van der Waals surface area contributed by atoms with Crippen molar-refractivity contribution in [1.82, 2.24) is 0 Å². The number of fused-ring (bicyclic) bond motifs is 1. The first-order chi connectivity index (χ1) is 14.5. The topological polar surface area (TPSA) is 98.5 Å². The molecule has 30 heavy (non-hydrogen) atoms. The van der Waals surface area contributed by atoms with Crippen LogP contribution < -0.4 is 15.2 Å². The van der Waals surface area contributed by atoms with Crippen molar-refractivity contribution in [1.29, 1.82) is 5.26 Å². The van der Waals surface area contributed by atoms with Gasteiger partial charge in [-0.3, -0.25) is 0 Å². The van der Waals surface area contributed by atoms with Gasteiger partial charge in [-0.15, -0.1) is 0 Å². The van der Waals surface area contributed by atoms with Gasteiger partial charge in [0.25, 0.3) is 0 Å². The Kier molecular flexibility index (Phi) is 5.10. The van der Waals surface area contributed by atoms with E-state index in [4.69, 9.17) is 19.6 Å². The number of carbonyl (C=O) groups excluding carboxylic acids is 1. The number of carbonyl (C=O) groups is 1. The second-order valence-corrected chi connectivity index (χ2v) is 6.80. The highest BCUT2D eigenvalue weighted by molar-refractivity contribution is 5.88. The van der Waals surface area contributed by atoms with Gasteiger partial charge in [-0.1, -0.05) is 35.9 Å². The molecule has 6 nitrogen and oxygen atoms in total. The van der Waals surface area contributed by atoms with E-state index in [9.17, 15) is 10.1 Å². The van der Waals surface area contributed by atoms with E-state index < -0.39 is 11.9 Å². The maximum absolute atomic E-state index is 12.2. The van der Waals surface area contributed by atoms with Crippen molar-refractivity contribution in [3.63, 3.8) is 0 Å². The van der Waals surface area contributed by atoms with Crippen molar-refractivity contribution >= 4 is 12.0 Å². The Labute approximate surface area is 173 Å². The molecule has 1 atom stereocenters. The highest BCUT2D eigenvalue weighted by atomic mass is 16.5. The highest BCUT2D eigenvalue weighted by Gasteiger charge is 2.32.